The fourth-order valence-electron chi connectivity index (χ4n) is 3.21. The molecule has 1 aromatic heterocycles. The lowest BCUT2D eigenvalue weighted by Crippen LogP contribution is -2.44. The van der Waals surface area contributed by atoms with Gasteiger partial charge in [0, 0.05) is 25.0 Å². The van der Waals surface area contributed by atoms with Crippen LogP contribution in [0.1, 0.15) is 69.3 Å². The van der Waals surface area contributed by atoms with E-state index < -0.39 is 0 Å². The lowest BCUT2D eigenvalue weighted by molar-refractivity contribution is -0.126. The van der Waals surface area contributed by atoms with E-state index in [1.807, 2.05) is 0 Å². The van der Waals surface area contributed by atoms with Crippen LogP contribution in [0.15, 0.2) is 22.8 Å². The summed E-state index contributed by atoms with van der Waals surface area (Å²) in [6, 6.07) is 3.63. The monoisotopic (exact) mass is 334 g/mol. The minimum absolute atomic E-state index is 0.0174. The molecule has 0 aliphatic carbocycles. The summed E-state index contributed by atoms with van der Waals surface area (Å²) >= 11 is 0. The van der Waals surface area contributed by atoms with Gasteiger partial charge >= 0.3 is 0 Å². The number of amides is 2. The number of hydrogen-bond donors (Lipinski definition) is 1. The zero-order valence-corrected chi connectivity index (χ0v) is 14.9. The molecule has 1 aromatic rings. The molecular weight excluding hydrogens is 304 g/mol. The van der Waals surface area contributed by atoms with Gasteiger partial charge in [0.25, 0.3) is 5.91 Å². The molecule has 0 spiro atoms. The SMILES string of the molecule is CCCCCCC(C)NC(=O)C1CCN(C(=O)c2ccco2)CC1. The Morgan fingerprint density at radius 3 is 2.67 bits per heavy atom. The van der Waals surface area contributed by atoms with Gasteiger partial charge in [-0.2, -0.15) is 0 Å². The maximum Gasteiger partial charge on any atom is 0.289 e. The van der Waals surface area contributed by atoms with Crippen molar-refractivity contribution in [2.75, 3.05) is 13.1 Å². The molecule has 0 radical (unpaired) electrons. The van der Waals surface area contributed by atoms with Crippen molar-refractivity contribution >= 4 is 11.8 Å². The first-order valence-electron chi connectivity index (χ1n) is 9.25. The highest BCUT2D eigenvalue weighted by Gasteiger charge is 2.29. The molecule has 0 saturated carbocycles. The molecule has 1 unspecified atom stereocenters. The van der Waals surface area contributed by atoms with E-state index in [0.29, 0.717) is 18.8 Å². The van der Waals surface area contributed by atoms with Gasteiger partial charge in [-0.05, 0) is 38.3 Å². The third-order valence-electron chi connectivity index (χ3n) is 4.76. The van der Waals surface area contributed by atoms with Crippen LogP contribution >= 0.6 is 0 Å². The van der Waals surface area contributed by atoms with E-state index in [4.69, 9.17) is 4.42 Å². The van der Waals surface area contributed by atoms with Gasteiger partial charge in [0.15, 0.2) is 5.76 Å². The Bertz CT molecular complexity index is 505. The van der Waals surface area contributed by atoms with Crippen molar-refractivity contribution < 1.29 is 14.0 Å². The average Bonchev–Trinajstić information content (AvgIpc) is 3.13. The summed E-state index contributed by atoms with van der Waals surface area (Å²) in [5.41, 5.74) is 0. The van der Waals surface area contributed by atoms with E-state index in [9.17, 15) is 9.59 Å². The van der Waals surface area contributed by atoms with Crippen molar-refractivity contribution in [1.29, 1.82) is 0 Å². The number of likely N-dealkylation sites (tertiary alicyclic amines) is 1. The molecule has 134 valence electrons. The van der Waals surface area contributed by atoms with Gasteiger partial charge in [0.2, 0.25) is 5.91 Å². The number of unbranched alkanes of at least 4 members (excludes halogenated alkanes) is 3. The van der Waals surface area contributed by atoms with Crippen molar-refractivity contribution in [2.45, 2.75) is 64.8 Å². The van der Waals surface area contributed by atoms with Gasteiger partial charge < -0.3 is 14.6 Å². The van der Waals surface area contributed by atoms with Crippen molar-refractivity contribution in [3.63, 3.8) is 0 Å². The van der Waals surface area contributed by atoms with E-state index in [1.54, 1.807) is 17.0 Å². The summed E-state index contributed by atoms with van der Waals surface area (Å²) in [6.45, 7) is 5.51. The Labute approximate surface area is 144 Å². The quantitative estimate of drug-likeness (QED) is 0.739. The molecule has 0 aromatic carbocycles. The van der Waals surface area contributed by atoms with Gasteiger partial charge in [0.1, 0.15) is 0 Å². The highest BCUT2D eigenvalue weighted by molar-refractivity contribution is 5.91. The van der Waals surface area contributed by atoms with Gasteiger partial charge in [-0.1, -0.05) is 32.6 Å². The number of piperidine rings is 1. The fourth-order valence-corrected chi connectivity index (χ4v) is 3.21. The molecule has 24 heavy (non-hydrogen) atoms. The lowest BCUT2D eigenvalue weighted by atomic mass is 9.95. The Morgan fingerprint density at radius 2 is 2.04 bits per heavy atom. The third kappa shape index (κ3) is 5.39. The summed E-state index contributed by atoms with van der Waals surface area (Å²) < 4.78 is 5.16. The van der Waals surface area contributed by atoms with Crippen molar-refractivity contribution in [3.8, 4) is 0 Å². The molecule has 2 rings (SSSR count). The lowest BCUT2D eigenvalue weighted by Gasteiger charge is -2.31. The number of rotatable bonds is 8. The summed E-state index contributed by atoms with van der Waals surface area (Å²) in [7, 11) is 0. The van der Waals surface area contributed by atoms with Gasteiger partial charge in [-0.25, -0.2) is 0 Å². The summed E-state index contributed by atoms with van der Waals surface area (Å²) in [4.78, 5) is 26.4. The highest BCUT2D eigenvalue weighted by atomic mass is 16.3. The minimum atomic E-state index is -0.0804. The summed E-state index contributed by atoms with van der Waals surface area (Å²) in [6.07, 6.45) is 8.91. The van der Waals surface area contributed by atoms with E-state index in [-0.39, 0.29) is 23.8 Å². The molecule has 2 amide bonds. The Morgan fingerprint density at radius 1 is 1.29 bits per heavy atom. The summed E-state index contributed by atoms with van der Waals surface area (Å²) in [5.74, 6) is 0.452. The standard InChI is InChI=1S/C19H30N2O3/c1-3-4-5-6-8-15(2)20-18(22)16-10-12-21(13-11-16)19(23)17-9-7-14-24-17/h7,9,14-16H,3-6,8,10-13H2,1-2H3,(H,20,22). The second kappa shape index (κ2) is 9.50. The zero-order valence-electron chi connectivity index (χ0n) is 14.9. The molecular formula is C19H30N2O3. The molecule has 1 aliphatic heterocycles. The Kier molecular flexibility index (Phi) is 7.35. The van der Waals surface area contributed by atoms with Crippen LogP contribution in [0.3, 0.4) is 0 Å². The van der Waals surface area contributed by atoms with Gasteiger partial charge in [0.05, 0.1) is 6.26 Å². The molecule has 5 heteroatoms. The first-order valence-corrected chi connectivity index (χ1v) is 9.25. The number of furan rings is 1. The molecule has 5 nitrogen and oxygen atoms in total. The van der Waals surface area contributed by atoms with Crippen LogP contribution in [0.4, 0.5) is 0 Å². The maximum atomic E-state index is 12.4. The zero-order chi connectivity index (χ0) is 17.4. The Balaban J connectivity index is 1.69. The van der Waals surface area contributed by atoms with Gasteiger partial charge in [-0.15, -0.1) is 0 Å². The van der Waals surface area contributed by atoms with Crippen molar-refractivity contribution in [3.05, 3.63) is 24.2 Å². The Hall–Kier alpha value is -1.78. The number of carbonyl (C=O) groups excluding carboxylic acids is 2. The van der Waals surface area contributed by atoms with Crippen LogP contribution in [-0.4, -0.2) is 35.8 Å². The van der Waals surface area contributed by atoms with Crippen LogP contribution in [0, 0.1) is 5.92 Å². The van der Waals surface area contributed by atoms with E-state index in [0.717, 1.165) is 19.3 Å². The number of nitrogens with zero attached hydrogens (tertiary/aromatic N) is 1. The molecule has 1 saturated heterocycles. The largest absolute Gasteiger partial charge is 0.459 e. The molecule has 1 aliphatic rings. The molecule has 0 bridgehead atoms. The second-order valence-corrected chi connectivity index (χ2v) is 6.80. The van der Waals surface area contributed by atoms with Crippen LogP contribution in [0.2, 0.25) is 0 Å². The van der Waals surface area contributed by atoms with Crippen LogP contribution < -0.4 is 5.32 Å². The van der Waals surface area contributed by atoms with E-state index in [1.165, 1.54) is 31.9 Å². The number of carbonyl (C=O) groups is 2. The molecule has 1 fully saturated rings. The summed E-state index contributed by atoms with van der Waals surface area (Å²) in [5, 5.41) is 3.14. The van der Waals surface area contributed by atoms with Crippen LogP contribution in [0.5, 0.6) is 0 Å². The predicted molar refractivity (Wildman–Crippen MR) is 93.7 cm³/mol. The van der Waals surface area contributed by atoms with E-state index in [2.05, 4.69) is 19.2 Å². The van der Waals surface area contributed by atoms with Crippen LogP contribution in [-0.2, 0) is 4.79 Å². The molecule has 1 N–H and O–H groups in total. The predicted octanol–water partition coefficient (Wildman–Crippen LogP) is 3.61. The highest BCUT2D eigenvalue weighted by Crippen LogP contribution is 2.20. The normalized spacial score (nSPS) is 16.8. The number of hydrogen-bond acceptors (Lipinski definition) is 3. The smallest absolute Gasteiger partial charge is 0.289 e. The second-order valence-electron chi connectivity index (χ2n) is 6.80. The van der Waals surface area contributed by atoms with E-state index >= 15 is 0 Å². The van der Waals surface area contributed by atoms with Crippen molar-refractivity contribution in [1.82, 2.24) is 10.2 Å². The molecule has 1 atom stereocenters. The average molecular weight is 334 g/mol. The topological polar surface area (TPSA) is 62.6 Å². The third-order valence-corrected chi connectivity index (χ3v) is 4.76. The fraction of sp³-hybridized carbons (Fsp3) is 0.684. The first-order chi connectivity index (χ1) is 11.6. The van der Waals surface area contributed by atoms with Crippen LogP contribution in [0.25, 0.3) is 0 Å². The maximum absolute atomic E-state index is 12.4. The minimum Gasteiger partial charge on any atom is -0.459 e. The van der Waals surface area contributed by atoms with Gasteiger partial charge in [-0.3, -0.25) is 9.59 Å². The molecule has 2 heterocycles. The first kappa shape index (κ1) is 18.6. The number of nitrogens with one attached hydrogen (secondary N) is 1. The van der Waals surface area contributed by atoms with Crippen molar-refractivity contribution in [2.24, 2.45) is 5.92 Å².